The van der Waals surface area contributed by atoms with Gasteiger partial charge in [-0.1, -0.05) is 32.9 Å². The van der Waals surface area contributed by atoms with Gasteiger partial charge < -0.3 is 24.8 Å². The third-order valence-electron chi connectivity index (χ3n) is 9.09. The highest BCUT2D eigenvalue weighted by molar-refractivity contribution is 5.81. The van der Waals surface area contributed by atoms with Crippen LogP contribution >= 0.6 is 0 Å². The molecule has 1 spiro atoms. The van der Waals surface area contributed by atoms with E-state index in [1.807, 2.05) is 5.06 Å². The lowest BCUT2D eigenvalue weighted by atomic mass is 9.80. The summed E-state index contributed by atoms with van der Waals surface area (Å²) in [5.74, 6) is 1.87. The zero-order valence-electron chi connectivity index (χ0n) is 25.2. The fraction of sp³-hybridized carbons (Fsp3) is 0.774. The Balaban J connectivity index is 1.53. The van der Waals surface area contributed by atoms with E-state index in [0.29, 0.717) is 18.4 Å². The number of hydrogen-bond donors (Lipinski definition) is 2. The van der Waals surface area contributed by atoms with E-state index >= 15 is 0 Å². The van der Waals surface area contributed by atoms with Gasteiger partial charge in [0.1, 0.15) is 11.9 Å². The molecule has 1 heterocycles. The van der Waals surface area contributed by atoms with Crippen molar-refractivity contribution in [2.45, 2.75) is 77.5 Å². The maximum atomic E-state index is 13.5. The van der Waals surface area contributed by atoms with Gasteiger partial charge in [-0.15, -0.1) is 0 Å². The average molecular weight is 546 g/mol. The summed E-state index contributed by atoms with van der Waals surface area (Å²) in [6.07, 6.45) is 9.58. The molecular formula is C31H51N3O5. The van der Waals surface area contributed by atoms with E-state index in [9.17, 15) is 9.90 Å². The van der Waals surface area contributed by atoms with Crippen LogP contribution in [-0.4, -0.2) is 93.8 Å². The van der Waals surface area contributed by atoms with Crippen LogP contribution in [0.2, 0.25) is 0 Å². The van der Waals surface area contributed by atoms with E-state index in [0.717, 1.165) is 74.1 Å². The second kappa shape index (κ2) is 12.9. The average Bonchev–Trinajstić information content (AvgIpc) is 3.39. The fourth-order valence-corrected chi connectivity index (χ4v) is 7.03. The molecule has 1 aliphatic heterocycles. The summed E-state index contributed by atoms with van der Waals surface area (Å²) in [7, 11) is 7.59. The summed E-state index contributed by atoms with van der Waals surface area (Å²) >= 11 is 0. The van der Waals surface area contributed by atoms with Crippen molar-refractivity contribution in [2.24, 2.45) is 23.2 Å². The Labute approximate surface area is 235 Å². The molecule has 1 saturated heterocycles. The summed E-state index contributed by atoms with van der Waals surface area (Å²) in [6.45, 7) is 8.98. The number of aliphatic hydroxyl groups excluding tert-OH is 1. The minimum Gasteiger partial charge on any atom is -0.496 e. The van der Waals surface area contributed by atoms with Gasteiger partial charge in [0.2, 0.25) is 5.91 Å². The van der Waals surface area contributed by atoms with E-state index in [4.69, 9.17) is 14.3 Å². The van der Waals surface area contributed by atoms with Crippen molar-refractivity contribution >= 4 is 5.91 Å². The minimum absolute atomic E-state index is 0.0521. The lowest BCUT2D eigenvalue weighted by Crippen LogP contribution is -2.45. The molecule has 2 unspecified atom stereocenters. The highest BCUT2D eigenvalue weighted by Gasteiger charge is 2.62. The minimum atomic E-state index is -0.188. The van der Waals surface area contributed by atoms with E-state index in [1.54, 1.807) is 14.2 Å². The molecule has 8 heteroatoms. The zero-order chi connectivity index (χ0) is 28.3. The second-order valence-corrected chi connectivity index (χ2v) is 12.8. The summed E-state index contributed by atoms with van der Waals surface area (Å²) in [6, 6.07) is 0.128. The van der Waals surface area contributed by atoms with Crippen LogP contribution in [0.5, 0.6) is 0 Å². The molecule has 1 amide bonds. The molecule has 0 aromatic carbocycles. The van der Waals surface area contributed by atoms with Crippen molar-refractivity contribution in [3.05, 3.63) is 34.6 Å². The van der Waals surface area contributed by atoms with Crippen LogP contribution < -0.4 is 5.32 Å². The molecule has 0 aromatic heterocycles. The Kier molecular flexibility index (Phi) is 9.97. The van der Waals surface area contributed by atoms with E-state index in [1.165, 1.54) is 0 Å². The van der Waals surface area contributed by atoms with Crippen molar-refractivity contribution in [2.75, 3.05) is 54.6 Å². The van der Waals surface area contributed by atoms with Gasteiger partial charge >= 0.3 is 0 Å². The summed E-state index contributed by atoms with van der Waals surface area (Å²) in [5, 5.41) is 15.3. The first-order valence-electron chi connectivity index (χ1n) is 14.8. The van der Waals surface area contributed by atoms with Gasteiger partial charge in [0.25, 0.3) is 0 Å². The van der Waals surface area contributed by atoms with Gasteiger partial charge in [-0.25, -0.2) is 0 Å². The number of methoxy groups -OCH3 is 2. The molecule has 220 valence electrons. The normalized spacial score (nSPS) is 32.1. The third-order valence-corrected chi connectivity index (χ3v) is 9.09. The molecule has 2 fully saturated rings. The van der Waals surface area contributed by atoms with Crippen LogP contribution in [-0.2, 0) is 19.1 Å². The molecule has 2 N–H and O–H groups in total. The number of carbonyl (C=O) groups is 1. The van der Waals surface area contributed by atoms with Crippen LogP contribution in [0.3, 0.4) is 0 Å². The number of hydrogen-bond acceptors (Lipinski definition) is 7. The molecule has 4 aliphatic rings. The van der Waals surface area contributed by atoms with E-state index in [-0.39, 0.29) is 42.1 Å². The van der Waals surface area contributed by atoms with Gasteiger partial charge in [-0.05, 0) is 70.0 Å². The van der Waals surface area contributed by atoms with Gasteiger partial charge in [-0.3, -0.25) is 9.63 Å². The van der Waals surface area contributed by atoms with Crippen molar-refractivity contribution in [3.63, 3.8) is 0 Å². The van der Waals surface area contributed by atoms with Crippen molar-refractivity contribution in [1.82, 2.24) is 15.3 Å². The number of aliphatic hydroxyl groups is 1. The molecule has 0 radical (unpaired) electrons. The zero-order valence-corrected chi connectivity index (χ0v) is 25.2. The monoisotopic (exact) mass is 545 g/mol. The number of allylic oxidation sites excluding steroid dienone is 1. The Morgan fingerprint density at radius 1 is 1.31 bits per heavy atom. The third kappa shape index (κ3) is 6.79. The van der Waals surface area contributed by atoms with Gasteiger partial charge in [0, 0.05) is 42.8 Å². The Morgan fingerprint density at radius 2 is 2.05 bits per heavy atom. The van der Waals surface area contributed by atoms with Gasteiger partial charge in [-0.2, -0.15) is 5.06 Å². The molecule has 0 aromatic rings. The van der Waals surface area contributed by atoms with Crippen molar-refractivity contribution in [3.8, 4) is 0 Å². The predicted molar refractivity (Wildman–Crippen MR) is 153 cm³/mol. The molecule has 1 saturated carbocycles. The standard InChI is InChI=1S/C31H51N3O5/c1-20(2)13-24(17-33(4)5)32-30(36)22-11-12-27(37-6)26(14-22)25-10-8-9-23(29(25)38-7)16-34-19-31(15-21(31)3)28(18-35)39-34/h9,14,20-22,24,27-28,35H,8,10-13,15-19H2,1-7H3,(H,32,36)/t21-,22?,24+,27?,28+,31+/m1/s1. The number of likely N-dealkylation sites (N-methyl/N-ethyl adjacent to an activating group) is 1. The Hall–Kier alpha value is -1.71. The number of amides is 1. The van der Waals surface area contributed by atoms with Crippen LogP contribution in [0, 0.1) is 23.2 Å². The lowest BCUT2D eigenvalue weighted by molar-refractivity contribution is -0.153. The van der Waals surface area contributed by atoms with Crippen molar-refractivity contribution in [1.29, 1.82) is 0 Å². The second-order valence-electron chi connectivity index (χ2n) is 12.8. The highest BCUT2D eigenvalue weighted by Crippen LogP contribution is 2.59. The summed E-state index contributed by atoms with van der Waals surface area (Å²) in [4.78, 5) is 21.8. The molecule has 4 rings (SSSR count). The molecule has 8 nitrogen and oxygen atoms in total. The lowest BCUT2D eigenvalue weighted by Gasteiger charge is -2.33. The first-order valence-corrected chi connectivity index (χ1v) is 14.8. The molecule has 3 aliphatic carbocycles. The Bertz CT molecular complexity index is 963. The van der Waals surface area contributed by atoms with Crippen LogP contribution in [0.25, 0.3) is 0 Å². The van der Waals surface area contributed by atoms with E-state index in [2.05, 4.69) is 57.2 Å². The largest absolute Gasteiger partial charge is 0.496 e. The number of nitrogens with one attached hydrogen (secondary N) is 1. The van der Waals surface area contributed by atoms with Crippen molar-refractivity contribution < 1.29 is 24.2 Å². The van der Waals surface area contributed by atoms with E-state index < -0.39 is 0 Å². The number of nitrogens with zero attached hydrogens (tertiary/aromatic N) is 2. The maximum absolute atomic E-state index is 13.5. The molecule has 0 bridgehead atoms. The number of hydroxylamine groups is 2. The number of carbonyl (C=O) groups excluding carboxylic acids is 1. The van der Waals surface area contributed by atoms with Gasteiger partial charge in [0.15, 0.2) is 0 Å². The smallest absolute Gasteiger partial charge is 0.227 e. The Morgan fingerprint density at radius 3 is 2.62 bits per heavy atom. The fourth-order valence-electron chi connectivity index (χ4n) is 7.03. The summed E-state index contributed by atoms with van der Waals surface area (Å²) < 4.78 is 12.0. The van der Waals surface area contributed by atoms with Crippen LogP contribution in [0.15, 0.2) is 34.6 Å². The topological polar surface area (TPSA) is 83.5 Å². The molecule has 6 atom stereocenters. The first-order chi connectivity index (χ1) is 18.6. The van der Waals surface area contributed by atoms with Crippen LogP contribution in [0.4, 0.5) is 0 Å². The predicted octanol–water partition coefficient (Wildman–Crippen LogP) is 3.69. The quantitative estimate of drug-likeness (QED) is 0.387. The number of rotatable bonds is 12. The SMILES string of the molecule is COC1=C(C2=CC(C(=O)N[C@@H](CC(C)C)CN(C)C)CCC2OC)CCC=C1CN1C[C@]2(C[C@H]2C)[C@H](CO)O1. The molecule has 39 heavy (non-hydrogen) atoms. The number of ether oxygens (including phenoxy) is 2. The van der Waals surface area contributed by atoms with Crippen LogP contribution in [0.1, 0.15) is 59.3 Å². The summed E-state index contributed by atoms with van der Waals surface area (Å²) in [5.41, 5.74) is 3.41. The first kappa shape index (κ1) is 30.3. The maximum Gasteiger partial charge on any atom is 0.227 e. The highest BCUT2D eigenvalue weighted by atomic mass is 16.7. The molecular weight excluding hydrogens is 494 g/mol. The van der Waals surface area contributed by atoms with Gasteiger partial charge in [0.05, 0.1) is 32.3 Å².